The van der Waals surface area contributed by atoms with Crippen molar-refractivity contribution in [2.24, 2.45) is 0 Å². The molecule has 0 saturated carbocycles. The third-order valence-corrected chi connectivity index (χ3v) is 5.60. The fourth-order valence-electron chi connectivity index (χ4n) is 2.87. The van der Waals surface area contributed by atoms with Crippen LogP contribution in [0.25, 0.3) is 21.3 Å². The van der Waals surface area contributed by atoms with Gasteiger partial charge in [0, 0.05) is 18.0 Å². The van der Waals surface area contributed by atoms with Crippen molar-refractivity contribution in [3.05, 3.63) is 35.7 Å². The Morgan fingerprint density at radius 2 is 2.19 bits per heavy atom. The van der Waals surface area contributed by atoms with Crippen LogP contribution in [-0.4, -0.2) is 40.0 Å². The minimum absolute atomic E-state index is 0.0708. The summed E-state index contributed by atoms with van der Waals surface area (Å²) in [6, 6.07) is 5.88. The number of fused-ring (bicyclic) bond motifs is 1. The van der Waals surface area contributed by atoms with Gasteiger partial charge in [0.1, 0.15) is 0 Å². The second-order valence-electron chi connectivity index (χ2n) is 6.39. The molecule has 8 heteroatoms. The second kappa shape index (κ2) is 6.37. The summed E-state index contributed by atoms with van der Waals surface area (Å²) in [4.78, 5) is 17.2. The molecule has 4 rings (SSSR count). The predicted molar refractivity (Wildman–Crippen MR) is 98.0 cm³/mol. The molecule has 134 valence electrons. The Kier molecular flexibility index (Phi) is 4.16. The van der Waals surface area contributed by atoms with Crippen LogP contribution in [0.15, 0.2) is 24.4 Å². The Bertz CT molecular complexity index is 998. The fourth-order valence-corrected chi connectivity index (χ4v) is 3.68. The normalized spacial score (nSPS) is 19.8. The maximum atomic E-state index is 14.4. The zero-order valence-electron chi connectivity index (χ0n) is 14.4. The van der Waals surface area contributed by atoms with Crippen molar-refractivity contribution in [2.45, 2.75) is 25.9 Å². The Morgan fingerprint density at radius 1 is 1.35 bits per heavy atom. The van der Waals surface area contributed by atoms with Gasteiger partial charge in [-0.1, -0.05) is 17.4 Å². The van der Waals surface area contributed by atoms with Crippen molar-refractivity contribution < 1.29 is 13.9 Å². The number of aromatic nitrogens is 3. The zero-order chi connectivity index (χ0) is 18.3. The number of halogens is 1. The third-order valence-electron chi connectivity index (χ3n) is 4.64. The third kappa shape index (κ3) is 2.95. The fraction of sp³-hybridized carbons (Fsp3) is 0.333. The standard InChI is InChI=1S/C18H17FN4O2S/c1-10-11(2)22-23-14-4-3-12(7-13(10)14)15-8-20-17(26-15)21-16(24)18(19)5-6-25-9-18/h3-4,7-8H,5-6,9H2,1-2H3,(H,20,21,24). The highest BCUT2D eigenvalue weighted by atomic mass is 32.1. The van der Waals surface area contributed by atoms with Crippen LogP contribution in [-0.2, 0) is 9.53 Å². The summed E-state index contributed by atoms with van der Waals surface area (Å²) in [5.41, 5.74) is 1.79. The van der Waals surface area contributed by atoms with Gasteiger partial charge in [-0.05, 0) is 37.1 Å². The molecule has 6 nitrogen and oxygen atoms in total. The smallest absolute Gasteiger partial charge is 0.266 e. The molecule has 1 saturated heterocycles. The van der Waals surface area contributed by atoms with E-state index in [0.717, 1.165) is 32.6 Å². The van der Waals surface area contributed by atoms with Gasteiger partial charge >= 0.3 is 0 Å². The van der Waals surface area contributed by atoms with Gasteiger partial charge in [-0.15, -0.1) is 0 Å². The lowest BCUT2D eigenvalue weighted by molar-refractivity contribution is -0.127. The molecule has 0 bridgehead atoms. The van der Waals surface area contributed by atoms with E-state index in [1.807, 2.05) is 32.0 Å². The molecule has 1 amide bonds. The zero-order valence-corrected chi connectivity index (χ0v) is 15.2. The number of hydrogen-bond donors (Lipinski definition) is 1. The van der Waals surface area contributed by atoms with Crippen molar-refractivity contribution in [2.75, 3.05) is 18.5 Å². The maximum Gasteiger partial charge on any atom is 0.266 e. The van der Waals surface area contributed by atoms with Crippen molar-refractivity contribution in [1.82, 2.24) is 15.2 Å². The van der Waals surface area contributed by atoms with Gasteiger partial charge in [0.25, 0.3) is 5.91 Å². The first-order valence-electron chi connectivity index (χ1n) is 8.24. The van der Waals surface area contributed by atoms with Crippen LogP contribution in [0.5, 0.6) is 0 Å². The van der Waals surface area contributed by atoms with Crippen LogP contribution in [0.1, 0.15) is 17.7 Å². The van der Waals surface area contributed by atoms with E-state index in [1.54, 1.807) is 6.20 Å². The molecule has 0 aliphatic carbocycles. The SMILES string of the molecule is Cc1nnc2ccc(-c3cnc(NC(=O)C4(F)CCOC4)s3)cc2c1C. The molecule has 3 aromatic rings. The molecular formula is C18H17FN4O2S. The van der Waals surface area contributed by atoms with Crippen molar-refractivity contribution in [1.29, 1.82) is 0 Å². The number of thiazole rings is 1. The molecule has 0 radical (unpaired) electrons. The number of amides is 1. The highest BCUT2D eigenvalue weighted by Gasteiger charge is 2.43. The topological polar surface area (TPSA) is 77.0 Å². The van der Waals surface area contributed by atoms with E-state index in [4.69, 9.17) is 4.74 Å². The van der Waals surface area contributed by atoms with E-state index in [1.165, 1.54) is 11.3 Å². The molecule has 1 unspecified atom stereocenters. The summed E-state index contributed by atoms with van der Waals surface area (Å²) in [6.07, 6.45) is 1.75. The number of carbonyl (C=O) groups is 1. The van der Waals surface area contributed by atoms with Crippen LogP contribution in [0.2, 0.25) is 0 Å². The lowest BCUT2D eigenvalue weighted by atomic mass is 10.1. The number of rotatable bonds is 3. The Morgan fingerprint density at radius 3 is 2.96 bits per heavy atom. The molecule has 0 spiro atoms. The van der Waals surface area contributed by atoms with Gasteiger partial charge in [0.15, 0.2) is 5.13 Å². The van der Waals surface area contributed by atoms with E-state index in [9.17, 15) is 9.18 Å². The molecule has 1 aliphatic heterocycles. The first kappa shape index (κ1) is 17.0. The minimum atomic E-state index is -1.97. The van der Waals surface area contributed by atoms with Crippen LogP contribution < -0.4 is 5.32 Å². The quantitative estimate of drug-likeness (QED) is 0.762. The Hall–Kier alpha value is -2.45. The molecular weight excluding hydrogens is 355 g/mol. The van der Waals surface area contributed by atoms with Gasteiger partial charge in [0.2, 0.25) is 5.67 Å². The largest absolute Gasteiger partial charge is 0.377 e. The van der Waals surface area contributed by atoms with E-state index in [0.29, 0.717) is 5.13 Å². The summed E-state index contributed by atoms with van der Waals surface area (Å²) in [5, 5.41) is 12.3. The highest BCUT2D eigenvalue weighted by Crippen LogP contribution is 2.33. The van der Waals surface area contributed by atoms with Crippen LogP contribution in [0.3, 0.4) is 0 Å². The van der Waals surface area contributed by atoms with Crippen LogP contribution in [0, 0.1) is 13.8 Å². The van der Waals surface area contributed by atoms with E-state index < -0.39 is 11.6 Å². The van der Waals surface area contributed by atoms with Crippen LogP contribution in [0.4, 0.5) is 9.52 Å². The number of alkyl halides is 1. The maximum absolute atomic E-state index is 14.4. The number of hydrogen-bond acceptors (Lipinski definition) is 6. The molecule has 26 heavy (non-hydrogen) atoms. The van der Waals surface area contributed by atoms with Crippen molar-refractivity contribution in [3.63, 3.8) is 0 Å². The molecule has 1 aromatic carbocycles. The van der Waals surface area contributed by atoms with Gasteiger partial charge in [-0.25, -0.2) is 9.37 Å². The summed E-state index contributed by atoms with van der Waals surface area (Å²) >= 11 is 1.30. The van der Waals surface area contributed by atoms with E-state index >= 15 is 0 Å². The van der Waals surface area contributed by atoms with E-state index in [2.05, 4.69) is 20.5 Å². The van der Waals surface area contributed by atoms with Crippen LogP contribution >= 0.6 is 11.3 Å². The number of anilines is 1. The number of carbonyl (C=O) groups excluding carboxylic acids is 1. The van der Waals surface area contributed by atoms with Gasteiger partial charge < -0.3 is 4.74 Å². The molecule has 3 heterocycles. The first-order valence-corrected chi connectivity index (χ1v) is 9.06. The number of nitrogens with zero attached hydrogens (tertiary/aromatic N) is 3. The molecule has 2 aromatic heterocycles. The number of benzene rings is 1. The number of aryl methyl sites for hydroxylation is 2. The summed E-state index contributed by atoms with van der Waals surface area (Å²) in [6.45, 7) is 3.99. The molecule has 1 fully saturated rings. The summed E-state index contributed by atoms with van der Waals surface area (Å²) < 4.78 is 19.4. The number of nitrogens with one attached hydrogen (secondary N) is 1. The van der Waals surface area contributed by atoms with Crippen molar-refractivity contribution in [3.8, 4) is 10.4 Å². The molecule has 1 atom stereocenters. The Balaban J connectivity index is 1.61. The van der Waals surface area contributed by atoms with Crippen molar-refractivity contribution >= 4 is 33.3 Å². The van der Waals surface area contributed by atoms with Gasteiger partial charge in [-0.3, -0.25) is 10.1 Å². The van der Waals surface area contributed by atoms with Gasteiger partial charge in [-0.2, -0.15) is 10.2 Å². The van der Waals surface area contributed by atoms with E-state index in [-0.39, 0.29) is 19.6 Å². The molecule has 1 N–H and O–H groups in total. The second-order valence-corrected chi connectivity index (χ2v) is 7.42. The average molecular weight is 372 g/mol. The monoisotopic (exact) mass is 372 g/mol. The Labute approximate surface area is 153 Å². The van der Waals surface area contributed by atoms with Gasteiger partial charge in [0.05, 0.1) is 29.3 Å². The predicted octanol–water partition coefficient (Wildman–Crippen LogP) is 3.44. The minimum Gasteiger partial charge on any atom is -0.377 e. The number of ether oxygens (including phenoxy) is 1. The lowest BCUT2D eigenvalue weighted by Gasteiger charge is -2.14. The summed E-state index contributed by atoms with van der Waals surface area (Å²) in [5.74, 6) is -0.698. The first-order chi connectivity index (χ1) is 12.5. The molecule has 1 aliphatic rings. The average Bonchev–Trinajstić information content (AvgIpc) is 3.28. The lowest BCUT2D eigenvalue weighted by Crippen LogP contribution is -2.39. The summed E-state index contributed by atoms with van der Waals surface area (Å²) in [7, 11) is 0. The highest BCUT2D eigenvalue weighted by molar-refractivity contribution is 7.19.